The minimum Gasteiger partial charge on any atom is -0.256 e. The Bertz CT molecular complexity index is 2560. The zero-order chi connectivity index (χ0) is 36.1. The van der Waals surface area contributed by atoms with Gasteiger partial charge in [-0.05, 0) is 95.1 Å². The Kier molecular flexibility index (Phi) is 8.81. The van der Waals surface area contributed by atoms with Gasteiger partial charge in [0.1, 0.15) is 0 Å². The van der Waals surface area contributed by atoms with Crippen molar-refractivity contribution in [2.24, 2.45) is 0 Å². The van der Waals surface area contributed by atoms with Crippen LogP contribution in [0.1, 0.15) is 45.0 Å². The first-order valence-corrected chi connectivity index (χ1v) is 17.7. The van der Waals surface area contributed by atoms with Gasteiger partial charge >= 0.3 is 0 Å². The largest absolute Gasteiger partial charge is 0.256 e. The van der Waals surface area contributed by atoms with Crippen molar-refractivity contribution in [2.45, 2.75) is 0 Å². The third kappa shape index (κ3) is 7.17. The van der Waals surface area contributed by atoms with Gasteiger partial charge in [0.15, 0.2) is 0 Å². The normalized spacial score (nSPS) is 12.1. The third-order valence-corrected chi connectivity index (χ3v) is 9.19. The summed E-state index contributed by atoms with van der Waals surface area (Å²) in [5.74, 6) is 0. The fourth-order valence-electron chi connectivity index (χ4n) is 6.40. The van der Waals surface area contributed by atoms with E-state index in [4.69, 9.17) is 9.97 Å². The molecule has 9 rings (SSSR count). The highest BCUT2D eigenvalue weighted by atomic mass is 14.8. The number of benzene rings is 4. The molecular weight excluding hydrogens is 661 g/mol. The highest BCUT2D eigenvalue weighted by Crippen LogP contribution is 2.23. The molecule has 0 bridgehead atoms. The van der Waals surface area contributed by atoms with Crippen molar-refractivity contribution >= 4 is 92.2 Å². The van der Waals surface area contributed by atoms with Crippen molar-refractivity contribution in [3.8, 4) is 0 Å². The van der Waals surface area contributed by atoms with Crippen LogP contribution in [0.4, 0.5) is 0 Å². The molecule has 0 spiro atoms. The Morgan fingerprint density at radius 2 is 0.519 bits per heavy atom. The smallest absolute Gasteiger partial charge is 0.0894 e. The van der Waals surface area contributed by atoms with Gasteiger partial charge in [0, 0.05) is 46.3 Å². The maximum atomic E-state index is 5.24. The molecule has 0 N–H and O–H groups in total. The van der Waals surface area contributed by atoms with E-state index in [1.807, 2.05) is 146 Å². The highest BCUT2D eigenvalue weighted by molar-refractivity contribution is 5.88. The Labute approximate surface area is 312 Å². The average Bonchev–Trinajstić information content (AvgIpc) is 3.23. The summed E-state index contributed by atoms with van der Waals surface area (Å²) in [6.07, 6.45) is 23.7. The van der Waals surface area contributed by atoms with E-state index in [1.54, 1.807) is 0 Å². The van der Waals surface area contributed by atoms with Crippen molar-refractivity contribution < 1.29 is 0 Å². The van der Waals surface area contributed by atoms with E-state index in [0.717, 1.165) is 65.9 Å². The summed E-state index contributed by atoms with van der Waals surface area (Å²) in [5.41, 5.74) is 10.6. The molecule has 0 aliphatic carbocycles. The first kappa shape index (κ1) is 32.5. The van der Waals surface area contributed by atoms with Crippen molar-refractivity contribution in [1.29, 1.82) is 0 Å². The van der Waals surface area contributed by atoms with Crippen LogP contribution in [0.25, 0.3) is 92.2 Å². The van der Waals surface area contributed by atoms with Crippen LogP contribution >= 0.6 is 0 Å². The van der Waals surface area contributed by atoms with Crippen LogP contribution < -0.4 is 0 Å². The van der Waals surface area contributed by atoms with E-state index in [2.05, 4.69) is 68.5 Å². The summed E-state index contributed by atoms with van der Waals surface area (Å²) in [4.78, 5) is 29.1. The summed E-state index contributed by atoms with van der Waals surface area (Å²) in [6.45, 7) is 0. The zero-order valence-electron chi connectivity index (χ0n) is 29.2. The molecule has 0 fully saturated rings. The SMILES string of the molecule is C(=C\c1nc(/C=C/c2cnc3ccccc3c2)c(/C=C/c2cnc3ccccc3c2)nc1/C=C/c1cnc2ccccc2c1)/c1cnc2ccccc2c1. The molecule has 0 unspecified atom stereocenters. The second kappa shape index (κ2) is 14.7. The molecule has 0 saturated heterocycles. The van der Waals surface area contributed by atoms with Crippen LogP contribution in [-0.2, 0) is 0 Å². The second-order valence-electron chi connectivity index (χ2n) is 12.9. The number of para-hydroxylation sites is 4. The third-order valence-electron chi connectivity index (χ3n) is 9.19. The Balaban J connectivity index is 1.16. The Morgan fingerprint density at radius 3 is 0.778 bits per heavy atom. The molecule has 0 amide bonds. The lowest BCUT2D eigenvalue weighted by Crippen LogP contribution is -2.00. The molecule has 0 aliphatic heterocycles. The van der Waals surface area contributed by atoms with Crippen molar-refractivity contribution in [3.05, 3.63) is 191 Å². The molecule has 9 aromatic rings. The maximum Gasteiger partial charge on any atom is 0.0894 e. The molecule has 0 atom stereocenters. The van der Waals surface area contributed by atoms with Gasteiger partial charge in [0.25, 0.3) is 0 Å². The van der Waals surface area contributed by atoms with Crippen LogP contribution in [0.2, 0.25) is 0 Å². The van der Waals surface area contributed by atoms with Crippen LogP contribution in [-0.4, -0.2) is 29.9 Å². The molecule has 0 saturated carbocycles. The number of aromatic nitrogens is 6. The second-order valence-corrected chi connectivity index (χ2v) is 12.9. The van der Waals surface area contributed by atoms with Gasteiger partial charge in [-0.15, -0.1) is 0 Å². The molecule has 0 radical (unpaired) electrons. The van der Waals surface area contributed by atoms with Gasteiger partial charge in [-0.3, -0.25) is 19.9 Å². The first-order valence-electron chi connectivity index (χ1n) is 17.7. The summed E-state index contributed by atoms with van der Waals surface area (Å²) in [6, 6.07) is 41.0. The molecule has 6 nitrogen and oxygen atoms in total. The van der Waals surface area contributed by atoms with E-state index in [0.29, 0.717) is 22.8 Å². The zero-order valence-corrected chi connectivity index (χ0v) is 29.2. The van der Waals surface area contributed by atoms with Gasteiger partial charge in [-0.25, -0.2) is 9.97 Å². The fraction of sp³-hybridized carbons (Fsp3) is 0. The van der Waals surface area contributed by atoms with Crippen LogP contribution in [0.3, 0.4) is 0 Å². The molecule has 54 heavy (non-hydrogen) atoms. The lowest BCUT2D eigenvalue weighted by Gasteiger charge is -2.08. The van der Waals surface area contributed by atoms with Crippen molar-refractivity contribution in [1.82, 2.24) is 29.9 Å². The number of pyridine rings is 4. The van der Waals surface area contributed by atoms with Crippen LogP contribution in [0, 0.1) is 0 Å². The minimum atomic E-state index is 0.717. The number of fused-ring (bicyclic) bond motifs is 4. The molecule has 254 valence electrons. The van der Waals surface area contributed by atoms with Crippen LogP contribution in [0.15, 0.2) is 146 Å². The number of nitrogens with zero attached hydrogens (tertiary/aromatic N) is 6. The summed E-state index contributed by atoms with van der Waals surface area (Å²) in [5, 5.41) is 4.30. The van der Waals surface area contributed by atoms with E-state index in [1.165, 1.54) is 0 Å². The van der Waals surface area contributed by atoms with Gasteiger partial charge in [0.2, 0.25) is 0 Å². The Morgan fingerprint density at radius 1 is 0.278 bits per heavy atom. The van der Waals surface area contributed by atoms with Gasteiger partial charge in [-0.2, -0.15) is 0 Å². The Hall–Kier alpha value is -7.44. The quantitative estimate of drug-likeness (QED) is 0.158. The highest BCUT2D eigenvalue weighted by Gasteiger charge is 2.09. The standard InChI is InChI=1S/C48H32N6/c1-5-13-41-37(9-1)25-33(29-49-41)17-21-45-46(22-18-34-26-38-10-2-6-14-42(38)50-30-34)54-48(24-20-36-28-40-12-4-8-16-44(40)52-32-36)47(53-45)23-19-35-27-39-11-3-7-15-43(39)51-31-35/h1-32H/b21-17+,22-18+,23-19+,24-20+. The molecule has 0 aliphatic rings. The maximum absolute atomic E-state index is 5.24. The predicted molar refractivity (Wildman–Crippen MR) is 225 cm³/mol. The summed E-state index contributed by atoms with van der Waals surface area (Å²) >= 11 is 0. The lowest BCUT2D eigenvalue weighted by molar-refractivity contribution is 1.12. The van der Waals surface area contributed by atoms with E-state index >= 15 is 0 Å². The van der Waals surface area contributed by atoms with E-state index < -0.39 is 0 Å². The fourth-order valence-corrected chi connectivity index (χ4v) is 6.40. The van der Waals surface area contributed by atoms with Crippen molar-refractivity contribution in [2.75, 3.05) is 0 Å². The van der Waals surface area contributed by atoms with Crippen molar-refractivity contribution in [3.63, 3.8) is 0 Å². The van der Waals surface area contributed by atoms with Gasteiger partial charge < -0.3 is 0 Å². The molecule has 4 aromatic carbocycles. The molecule has 5 aromatic heterocycles. The molecular formula is C48H32N6. The number of hydrogen-bond donors (Lipinski definition) is 0. The lowest BCUT2D eigenvalue weighted by atomic mass is 10.1. The number of hydrogen-bond acceptors (Lipinski definition) is 6. The summed E-state index contributed by atoms with van der Waals surface area (Å²) < 4.78 is 0. The average molecular weight is 693 g/mol. The number of rotatable bonds is 8. The minimum absolute atomic E-state index is 0.717. The van der Waals surface area contributed by atoms with E-state index in [-0.39, 0.29) is 0 Å². The molecule has 5 heterocycles. The van der Waals surface area contributed by atoms with Crippen LogP contribution in [0.5, 0.6) is 0 Å². The van der Waals surface area contributed by atoms with Gasteiger partial charge in [-0.1, -0.05) is 97.1 Å². The van der Waals surface area contributed by atoms with Gasteiger partial charge in [0.05, 0.1) is 44.8 Å². The monoisotopic (exact) mass is 692 g/mol. The van der Waals surface area contributed by atoms with E-state index in [9.17, 15) is 0 Å². The topological polar surface area (TPSA) is 77.3 Å². The summed E-state index contributed by atoms with van der Waals surface area (Å²) in [7, 11) is 0. The predicted octanol–water partition coefficient (Wildman–Crippen LogP) is 11.4. The molecule has 6 heteroatoms. The first-order chi connectivity index (χ1) is 26.7.